The van der Waals surface area contributed by atoms with Gasteiger partial charge in [0.25, 0.3) is 5.91 Å². The maximum atomic E-state index is 12.3. The summed E-state index contributed by atoms with van der Waals surface area (Å²) in [5.41, 5.74) is 5.62. The van der Waals surface area contributed by atoms with Crippen molar-refractivity contribution in [2.75, 3.05) is 6.61 Å². The first-order valence-electron chi connectivity index (χ1n) is 6.57. The smallest absolute Gasteiger partial charge is 0.492 e. The number of primary amides is 1. The normalized spacial score (nSPS) is 11.1. The van der Waals surface area contributed by atoms with E-state index in [-0.39, 0.29) is 30.1 Å². The van der Waals surface area contributed by atoms with Gasteiger partial charge in [0.1, 0.15) is 11.5 Å². The van der Waals surface area contributed by atoms with E-state index in [1.165, 1.54) is 36.7 Å². The van der Waals surface area contributed by atoms with Gasteiger partial charge >= 0.3 is 6.36 Å². The molecule has 2 aromatic rings. The van der Waals surface area contributed by atoms with Gasteiger partial charge in [-0.15, -0.1) is 13.2 Å². The summed E-state index contributed by atoms with van der Waals surface area (Å²) in [6, 6.07) is 7.23. The molecule has 1 aromatic heterocycles. The topological polar surface area (TPSA) is 74.4 Å². The summed E-state index contributed by atoms with van der Waals surface area (Å²) in [5, 5.41) is 0. The Hall–Kier alpha value is -2.77. The van der Waals surface area contributed by atoms with Gasteiger partial charge in [0.2, 0.25) is 0 Å². The summed E-state index contributed by atoms with van der Waals surface area (Å²) in [7, 11) is 0. The minimum absolute atomic E-state index is 0.0442. The number of para-hydroxylation sites is 1. The summed E-state index contributed by atoms with van der Waals surface area (Å²) in [4.78, 5) is 15.0. The zero-order valence-electron chi connectivity index (χ0n) is 11.8. The Morgan fingerprint density at radius 3 is 2.61 bits per heavy atom. The number of rotatable bonds is 6. The van der Waals surface area contributed by atoms with E-state index in [4.69, 9.17) is 10.5 Å². The number of alkyl halides is 3. The quantitative estimate of drug-likeness (QED) is 0.886. The van der Waals surface area contributed by atoms with Crippen molar-refractivity contribution in [2.24, 2.45) is 5.73 Å². The number of benzene rings is 1. The Labute approximate surface area is 129 Å². The molecule has 5 nitrogen and oxygen atoms in total. The van der Waals surface area contributed by atoms with Crippen LogP contribution in [-0.2, 0) is 6.42 Å². The molecule has 8 heteroatoms. The van der Waals surface area contributed by atoms with Crippen molar-refractivity contribution < 1.29 is 27.4 Å². The first kappa shape index (κ1) is 16.6. The lowest BCUT2D eigenvalue weighted by Crippen LogP contribution is -2.18. The Morgan fingerprint density at radius 2 is 1.91 bits per heavy atom. The molecule has 0 aliphatic carbocycles. The van der Waals surface area contributed by atoms with Crippen molar-refractivity contribution in [3.63, 3.8) is 0 Å². The number of halogens is 3. The number of nitrogens with zero attached hydrogens (tertiary/aromatic N) is 1. The molecule has 2 rings (SSSR count). The first-order valence-corrected chi connectivity index (χ1v) is 6.57. The molecular formula is C15H13F3N2O3. The number of hydrogen-bond donors (Lipinski definition) is 1. The number of hydrogen-bond acceptors (Lipinski definition) is 4. The molecule has 0 bridgehead atoms. The third-order valence-corrected chi connectivity index (χ3v) is 2.87. The second-order valence-corrected chi connectivity index (χ2v) is 4.49. The van der Waals surface area contributed by atoms with Crippen LogP contribution in [0, 0.1) is 0 Å². The number of pyridine rings is 1. The molecule has 0 saturated carbocycles. The first-order chi connectivity index (χ1) is 10.9. The fourth-order valence-electron chi connectivity index (χ4n) is 1.90. The summed E-state index contributed by atoms with van der Waals surface area (Å²) < 4.78 is 46.4. The SMILES string of the molecule is NC(=O)c1cnccc1OCCc1ccccc1OC(F)(F)F. The lowest BCUT2D eigenvalue weighted by molar-refractivity contribution is -0.274. The van der Waals surface area contributed by atoms with Gasteiger partial charge in [-0.1, -0.05) is 18.2 Å². The largest absolute Gasteiger partial charge is 0.573 e. The summed E-state index contributed by atoms with van der Waals surface area (Å²) >= 11 is 0. The van der Waals surface area contributed by atoms with E-state index in [1.54, 1.807) is 6.07 Å². The lowest BCUT2D eigenvalue weighted by Gasteiger charge is -2.14. The molecule has 0 fully saturated rings. The molecule has 1 aromatic carbocycles. The maximum Gasteiger partial charge on any atom is 0.573 e. The highest BCUT2D eigenvalue weighted by molar-refractivity contribution is 5.95. The minimum atomic E-state index is -4.76. The van der Waals surface area contributed by atoms with Gasteiger partial charge in [0.05, 0.1) is 12.2 Å². The fraction of sp³-hybridized carbons (Fsp3) is 0.200. The van der Waals surface area contributed by atoms with E-state index in [0.29, 0.717) is 5.56 Å². The molecule has 1 heterocycles. The van der Waals surface area contributed by atoms with Gasteiger partial charge in [-0.2, -0.15) is 0 Å². The molecule has 23 heavy (non-hydrogen) atoms. The van der Waals surface area contributed by atoms with E-state index in [1.807, 2.05) is 0 Å². The monoisotopic (exact) mass is 326 g/mol. The van der Waals surface area contributed by atoms with Gasteiger partial charge in [-0.25, -0.2) is 0 Å². The lowest BCUT2D eigenvalue weighted by atomic mass is 10.1. The minimum Gasteiger partial charge on any atom is -0.492 e. The van der Waals surface area contributed by atoms with E-state index in [9.17, 15) is 18.0 Å². The molecule has 0 spiro atoms. The number of ether oxygens (including phenoxy) is 2. The number of amides is 1. The molecule has 0 atom stereocenters. The highest BCUT2D eigenvalue weighted by atomic mass is 19.4. The van der Waals surface area contributed by atoms with E-state index in [2.05, 4.69) is 9.72 Å². The third-order valence-electron chi connectivity index (χ3n) is 2.87. The average molecular weight is 326 g/mol. The van der Waals surface area contributed by atoms with E-state index in [0.717, 1.165) is 0 Å². The van der Waals surface area contributed by atoms with Gasteiger partial charge in [0.15, 0.2) is 0 Å². The van der Waals surface area contributed by atoms with Crippen LogP contribution in [0.25, 0.3) is 0 Å². The highest BCUT2D eigenvalue weighted by Gasteiger charge is 2.31. The Balaban J connectivity index is 2.04. The maximum absolute atomic E-state index is 12.3. The second-order valence-electron chi connectivity index (χ2n) is 4.49. The van der Waals surface area contributed by atoms with Crippen LogP contribution in [-0.4, -0.2) is 23.9 Å². The van der Waals surface area contributed by atoms with Crippen molar-refractivity contribution in [1.82, 2.24) is 4.98 Å². The summed E-state index contributed by atoms with van der Waals surface area (Å²) in [6.07, 6.45) is -1.92. The molecule has 0 saturated heterocycles. The molecule has 0 aliphatic heterocycles. The predicted molar refractivity (Wildman–Crippen MR) is 75.1 cm³/mol. The van der Waals surface area contributed by atoms with Crippen molar-refractivity contribution >= 4 is 5.91 Å². The number of carbonyl (C=O) groups excluding carboxylic acids is 1. The highest BCUT2D eigenvalue weighted by Crippen LogP contribution is 2.26. The van der Waals surface area contributed by atoms with Crippen molar-refractivity contribution in [2.45, 2.75) is 12.8 Å². The van der Waals surface area contributed by atoms with Crippen LogP contribution in [0.4, 0.5) is 13.2 Å². The molecule has 2 N–H and O–H groups in total. The van der Waals surface area contributed by atoms with Crippen molar-refractivity contribution in [3.8, 4) is 11.5 Å². The van der Waals surface area contributed by atoms with Crippen LogP contribution in [0.1, 0.15) is 15.9 Å². The van der Waals surface area contributed by atoms with E-state index < -0.39 is 12.3 Å². The molecule has 0 unspecified atom stereocenters. The van der Waals surface area contributed by atoms with Gasteiger partial charge in [-0.3, -0.25) is 9.78 Å². The molecular weight excluding hydrogens is 313 g/mol. The third kappa shape index (κ3) is 4.87. The zero-order chi connectivity index (χ0) is 16.9. The van der Waals surface area contributed by atoms with Crippen molar-refractivity contribution in [3.05, 3.63) is 53.9 Å². The van der Waals surface area contributed by atoms with Crippen LogP contribution in [0.15, 0.2) is 42.7 Å². The molecule has 122 valence electrons. The van der Waals surface area contributed by atoms with Crippen LogP contribution in [0.3, 0.4) is 0 Å². The van der Waals surface area contributed by atoms with Crippen LogP contribution >= 0.6 is 0 Å². The Morgan fingerprint density at radius 1 is 1.17 bits per heavy atom. The standard InChI is InChI=1S/C15H13F3N2O3/c16-15(17,18)23-12-4-2-1-3-10(12)6-8-22-13-5-7-20-9-11(13)14(19)21/h1-5,7,9H,6,8H2,(H2,19,21). The Bertz CT molecular complexity index is 690. The van der Waals surface area contributed by atoms with Gasteiger partial charge in [0, 0.05) is 18.8 Å². The number of carbonyl (C=O) groups is 1. The Kier molecular flexibility index (Phi) is 5.05. The predicted octanol–water partition coefficient (Wildman–Crippen LogP) is 2.70. The van der Waals surface area contributed by atoms with Gasteiger partial charge in [-0.05, 0) is 17.7 Å². The molecule has 0 radical (unpaired) electrons. The van der Waals surface area contributed by atoms with Gasteiger partial charge < -0.3 is 15.2 Å². The number of nitrogens with two attached hydrogens (primary N) is 1. The van der Waals surface area contributed by atoms with Crippen molar-refractivity contribution in [1.29, 1.82) is 0 Å². The average Bonchev–Trinajstić information content (AvgIpc) is 2.48. The van der Waals surface area contributed by atoms with Crippen LogP contribution < -0.4 is 15.2 Å². The molecule has 0 aliphatic rings. The second kappa shape index (κ2) is 6.99. The molecule has 1 amide bonds. The van der Waals surface area contributed by atoms with E-state index >= 15 is 0 Å². The summed E-state index contributed by atoms with van der Waals surface area (Å²) in [6.45, 7) is 0.0442. The zero-order valence-corrected chi connectivity index (χ0v) is 11.8. The fourth-order valence-corrected chi connectivity index (χ4v) is 1.90. The summed E-state index contributed by atoms with van der Waals surface area (Å²) in [5.74, 6) is -0.760. The van der Waals surface area contributed by atoms with Crippen LogP contribution in [0.2, 0.25) is 0 Å². The number of aromatic nitrogens is 1. The van der Waals surface area contributed by atoms with Crippen LogP contribution in [0.5, 0.6) is 11.5 Å².